The Morgan fingerprint density at radius 2 is 2.21 bits per heavy atom. The van der Waals surface area contributed by atoms with E-state index in [2.05, 4.69) is 5.32 Å². The van der Waals surface area contributed by atoms with Crippen molar-refractivity contribution in [3.8, 4) is 0 Å². The van der Waals surface area contributed by atoms with E-state index in [1.165, 1.54) is 6.07 Å². The van der Waals surface area contributed by atoms with Gasteiger partial charge >= 0.3 is 5.97 Å². The second kappa shape index (κ2) is 5.29. The zero-order valence-electron chi connectivity index (χ0n) is 11.6. The number of nitrogens with one attached hydrogen (secondary N) is 1. The number of ether oxygens (including phenoxy) is 1. The molecule has 1 saturated carbocycles. The molecule has 19 heavy (non-hydrogen) atoms. The van der Waals surface area contributed by atoms with Gasteiger partial charge in [-0.15, -0.1) is 0 Å². The number of rotatable bonds is 5. The van der Waals surface area contributed by atoms with Crippen LogP contribution in [0.25, 0.3) is 0 Å². The summed E-state index contributed by atoms with van der Waals surface area (Å²) in [6.45, 7) is 5.54. The quantitative estimate of drug-likeness (QED) is 0.832. The highest BCUT2D eigenvalue weighted by atomic mass is 19.1. The minimum Gasteiger partial charge on any atom is -0.464 e. The first kappa shape index (κ1) is 14.0. The first-order valence-corrected chi connectivity index (χ1v) is 6.69. The van der Waals surface area contributed by atoms with Crippen molar-refractivity contribution in [3.63, 3.8) is 0 Å². The highest BCUT2D eigenvalue weighted by Crippen LogP contribution is 2.30. The van der Waals surface area contributed by atoms with Crippen LogP contribution in [0.2, 0.25) is 0 Å². The molecule has 1 N–H and O–H groups in total. The topological polar surface area (TPSA) is 38.3 Å². The SMILES string of the molecule is CCOC(=O)C(C)(NC1CC1)c1ccc(C)c(F)c1. The third-order valence-electron chi connectivity index (χ3n) is 3.50. The van der Waals surface area contributed by atoms with Gasteiger partial charge in [-0.05, 0) is 50.8 Å². The van der Waals surface area contributed by atoms with Crippen LogP contribution in [0.4, 0.5) is 4.39 Å². The summed E-state index contributed by atoms with van der Waals surface area (Å²) in [6, 6.07) is 5.21. The molecule has 1 aliphatic carbocycles. The van der Waals surface area contributed by atoms with Crippen molar-refractivity contribution in [2.24, 2.45) is 0 Å². The molecule has 0 aliphatic heterocycles. The molecule has 0 spiro atoms. The number of hydrogen-bond acceptors (Lipinski definition) is 3. The fourth-order valence-electron chi connectivity index (χ4n) is 2.08. The Morgan fingerprint density at radius 1 is 1.53 bits per heavy atom. The van der Waals surface area contributed by atoms with Gasteiger partial charge in [0.2, 0.25) is 0 Å². The molecule has 0 amide bonds. The van der Waals surface area contributed by atoms with Crippen molar-refractivity contribution in [2.75, 3.05) is 6.61 Å². The Hall–Kier alpha value is -1.42. The second-order valence-electron chi connectivity index (χ2n) is 5.23. The van der Waals surface area contributed by atoms with Crippen LogP contribution in [0.15, 0.2) is 18.2 Å². The van der Waals surface area contributed by atoms with Gasteiger partial charge in [0.15, 0.2) is 0 Å². The standard InChI is InChI=1S/C15H20FNO2/c1-4-19-14(18)15(3,17-12-7-8-12)11-6-5-10(2)13(16)9-11/h5-6,9,12,17H,4,7-8H2,1-3H3. The average molecular weight is 265 g/mol. The van der Waals surface area contributed by atoms with E-state index in [0.29, 0.717) is 23.8 Å². The van der Waals surface area contributed by atoms with Gasteiger partial charge in [-0.1, -0.05) is 12.1 Å². The Morgan fingerprint density at radius 3 is 2.74 bits per heavy atom. The van der Waals surface area contributed by atoms with Crippen molar-refractivity contribution >= 4 is 5.97 Å². The molecule has 1 atom stereocenters. The van der Waals surface area contributed by atoms with Gasteiger partial charge in [-0.25, -0.2) is 9.18 Å². The molecule has 2 rings (SSSR count). The predicted molar refractivity (Wildman–Crippen MR) is 71.3 cm³/mol. The maximum Gasteiger partial charge on any atom is 0.330 e. The van der Waals surface area contributed by atoms with Gasteiger partial charge in [0.05, 0.1) is 6.61 Å². The molecule has 1 aliphatic rings. The summed E-state index contributed by atoms with van der Waals surface area (Å²) in [6.07, 6.45) is 2.09. The molecule has 1 aromatic carbocycles. The molecular weight excluding hydrogens is 245 g/mol. The Balaban J connectivity index is 2.34. The number of hydrogen-bond donors (Lipinski definition) is 1. The molecule has 0 heterocycles. The van der Waals surface area contributed by atoms with Crippen LogP contribution in [0, 0.1) is 12.7 Å². The van der Waals surface area contributed by atoms with E-state index in [0.717, 1.165) is 12.8 Å². The lowest BCUT2D eigenvalue weighted by molar-refractivity contribution is -0.151. The van der Waals surface area contributed by atoms with Crippen LogP contribution in [0.5, 0.6) is 0 Å². The van der Waals surface area contributed by atoms with Gasteiger partial charge < -0.3 is 4.74 Å². The summed E-state index contributed by atoms with van der Waals surface area (Å²) in [4.78, 5) is 12.2. The number of esters is 1. The smallest absolute Gasteiger partial charge is 0.330 e. The van der Waals surface area contributed by atoms with Crippen molar-refractivity contribution in [2.45, 2.75) is 45.2 Å². The summed E-state index contributed by atoms with van der Waals surface area (Å²) < 4.78 is 18.9. The van der Waals surface area contributed by atoms with E-state index in [9.17, 15) is 9.18 Å². The van der Waals surface area contributed by atoms with Crippen LogP contribution in [0.3, 0.4) is 0 Å². The van der Waals surface area contributed by atoms with Crippen molar-refractivity contribution in [1.29, 1.82) is 0 Å². The number of carbonyl (C=O) groups is 1. The zero-order valence-corrected chi connectivity index (χ0v) is 11.6. The lowest BCUT2D eigenvalue weighted by Gasteiger charge is -2.29. The van der Waals surface area contributed by atoms with E-state index < -0.39 is 5.54 Å². The summed E-state index contributed by atoms with van der Waals surface area (Å²) >= 11 is 0. The highest BCUT2D eigenvalue weighted by Gasteiger charge is 2.41. The molecule has 0 saturated heterocycles. The summed E-state index contributed by atoms with van der Waals surface area (Å²) in [7, 11) is 0. The van der Waals surface area contributed by atoms with Crippen LogP contribution in [-0.2, 0) is 15.1 Å². The average Bonchev–Trinajstić information content (AvgIpc) is 3.16. The number of benzene rings is 1. The van der Waals surface area contributed by atoms with Crippen molar-refractivity contribution in [3.05, 3.63) is 35.1 Å². The number of halogens is 1. The first-order chi connectivity index (χ1) is 8.97. The lowest BCUT2D eigenvalue weighted by atomic mass is 9.91. The zero-order chi connectivity index (χ0) is 14.0. The fraction of sp³-hybridized carbons (Fsp3) is 0.533. The van der Waals surface area contributed by atoms with Crippen LogP contribution in [-0.4, -0.2) is 18.6 Å². The fourth-order valence-corrected chi connectivity index (χ4v) is 2.08. The normalized spacial score (nSPS) is 17.9. The summed E-state index contributed by atoms with van der Waals surface area (Å²) in [5.41, 5.74) is 0.202. The van der Waals surface area contributed by atoms with Crippen molar-refractivity contribution in [1.82, 2.24) is 5.32 Å². The van der Waals surface area contributed by atoms with E-state index in [1.54, 1.807) is 32.9 Å². The Kier molecular flexibility index (Phi) is 3.90. The molecule has 3 nitrogen and oxygen atoms in total. The van der Waals surface area contributed by atoms with Crippen LogP contribution >= 0.6 is 0 Å². The molecule has 0 aromatic heterocycles. The predicted octanol–water partition coefficient (Wildman–Crippen LogP) is 2.66. The molecule has 0 bridgehead atoms. The summed E-state index contributed by atoms with van der Waals surface area (Å²) in [5.74, 6) is -0.657. The molecule has 1 unspecified atom stereocenters. The van der Waals surface area contributed by atoms with Gasteiger partial charge in [0.1, 0.15) is 11.4 Å². The van der Waals surface area contributed by atoms with Gasteiger partial charge in [0, 0.05) is 6.04 Å². The first-order valence-electron chi connectivity index (χ1n) is 6.69. The molecular formula is C15H20FNO2. The van der Waals surface area contributed by atoms with Crippen LogP contribution in [0.1, 0.15) is 37.8 Å². The van der Waals surface area contributed by atoms with E-state index >= 15 is 0 Å². The second-order valence-corrected chi connectivity index (χ2v) is 5.23. The minimum atomic E-state index is -0.980. The third-order valence-corrected chi connectivity index (χ3v) is 3.50. The number of carbonyl (C=O) groups excluding carboxylic acids is 1. The lowest BCUT2D eigenvalue weighted by Crippen LogP contribution is -2.48. The molecule has 4 heteroatoms. The highest BCUT2D eigenvalue weighted by molar-refractivity contribution is 5.82. The Bertz CT molecular complexity index is 485. The molecule has 104 valence electrons. The monoisotopic (exact) mass is 265 g/mol. The van der Waals surface area contributed by atoms with E-state index in [1.807, 2.05) is 0 Å². The Labute approximate surface area is 113 Å². The van der Waals surface area contributed by atoms with Gasteiger partial charge in [0.25, 0.3) is 0 Å². The maximum absolute atomic E-state index is 13.7. The van der Waals surface area contributed by atoms with Gasteiger partial charge in [-0.3, -0.25) is 5.32 Å². The van der Waals surface area contributed by atoms with Crippen LogP contribution < -0.4 is 5.32 Å². The minimum absolute atomic E-state index is 0.300. The van der Waals surface area contributed by atoms with E-state index in [-0.39, 0.29) is 11.8 Å². The summed E-state index contributed by atoms with van der Waals surface area (Å²) in [5, 5.41) is 3.27. The van der Waals surface area contributed by atoms with E-state index in [4.69, 9.17) is 4.74 Å². The maximum atomic E-state index is 13.7. The molecule has 1 fully saturated rings. The molecule has 1 aromatic rings. The van der Waals surface area contributed by atoms with Crippen molar-refractivity contribution < 1.29 is 13.9 Å². The van der Waals surface area contributed by atoms with Gasteiger partial charge in [-0.2, -0.15) is 0 Å². The molecule has 0 radical (unpaired) electrons. The largest absolute Gasteiger partial charge is 0.464 e. The number of aryl methyl sites for hydroxylation is 1. The third kappa shape index (κ3) is 2.95.